The predicted octanol–water partition coefficient (Wildman–Crippen LogP) is 4.71. The molecule has 2 atom stereocenters. The van der Waals surface area contributed by atoms with Crippen LogP contribution >= 0.6 is 0 Å². The predicted molar refractivity (Wildman–Crippen MR) is 154 cm³/mol. The number of hydrogen-bond acceptors (Lipinski definition) is 8. The number of benzene rings is 2. The highest BCUT2D eigenvalue weighted by Crippen LogP contribution is 2.41. The first-order chi connectivity index (χ1) is 19.7. The van der Waals surface area contributed by atoms with Crippen LogP contribution in [0.4, 0.5) is 0 Å². The Hall–Kier alpha value is -3.72. The third-order valence-electron chi connectivity index (χ3n) is 8.88. The quantitative estimate of drug-likeness (QED) is 0.392. The van der Waals surface area contributed by atoms with Crippen LogP contribution < -0.4 is 24.6 Å². The van der Waals surface area contributed by atoms with Gasteiger partial charge in [-0.1, -0.05) is 12.8 Å². The molecule has 9 nitrogen and oxygen atoms in total. The van der Waals surface area contributed by atoms with Gasteiger partial charge in [0.05, 0.1) is 38.9 Å². The molecule has 3 aromatic rings. The molecule has 1 aliphatic carbocycles. The van der Waals surface area contributed by atoms with Gasteiger partial charge in [-0.05, 0) is 68.5 Å². The molecular formula is C32H39NO8. The molecule has 0 unspecified atom stereocenters. The van der Waals surface area contributed by atoms with E-state index in [0.29, 0.717) is 59.2 Å². The Morgan fingerprint density at radius 2 is 1.76 bits per heavy atom. The van der Waals surface area contributed by atoms with E-state index in [1.165, 1.54) is 0 Å². The third kappa shape index (κ3) is 5.47. The van der Waals surface area contributed by atoms with Gasteiger partial charge in [0, 0.05) is 30.0 Å². The standard InChI is InChI=1S/C32H39NO8/c1-19-23-9-10-25(40-18-21-14-26(37-3)30(39-5)27(15-21)38-4)20(2)29(23)41-31(35)24(19)16-28(34)33-13-12-32(36)11-7-6-8-22(32)17-33/h9-10,14-15,22,36H,6-8,11-13,16-18H2,1-5H3/t22-,32+/m0/s1. The van der Waals surface area contributed by atoms with Gasteiger partial charge in [-0.15, -0.1) is 0 Å². The highest BCUT2D eigenvalue weighted by atomic mass is 16.5. The number of nitrogens with zero attached hydrogens (tertiary/aromatic N) is 1. The Labute approximate surface area is 239 Å². The number of amides is 1. The molecular weight excluding hydrogens is 526 g/mol. The Morgan fingerprint density at radius 3 is 2.44 bits per heavy atom. The summed E-state index contributed by atoms with van der Waals surface area (Å²) >= 11 is 0. The van der Waals surface area contributed by atoms with Crippen LogP contribution in [-0.2, 0) is 17.8 Å². The maximum Gasteiger partial charge on any atom is 0.340 e. The zero-order valence-corrected chi connectivity index (χ0v) is 24.5. The van der Waals surface area contributed by atoms with Gasteiger partial charge in [0.15, 0.2) is 11.5 Å². The van der Waals surface area contributed by atoms with Crippen molar-refractivity contribution >= 4 is 16.9 Å². The molecule has 2 heterocycles. The summed E-state index contributed by atoms with van der Waals surface area (Å²) in [6.07, 6.45) is 4.42. The number of likely N-dealkylation sites (tertiary alicyclic amines) is 1. The normalized spacial score (nSPS) is 20.4. The first kappa shape index (κ1) is 28.8. The molecule has 2 aromatic carbocycles. The number of hydrogen-bond donors (Lipinski definition) is 1. The molecule has 5 rings (SSSR count). The van der Waals surface area contributed by atoms with E-state index in [4.69, 9.17) is 23.4 Å². The highest BCUT2D eigenvalue weighted by Gasteiger charge is 2.43. The van der Waals surface area contributed by atoms with E-state index in [1.807, 2.05) is 38.1 Å². The fourth-order valence-corrected chi connectivity index (χ4v) is 6.37. The molecule has 1 saturated carbocycles. The highest BCUT2D eigenvalue weighted by molar-refractivity contribution is 5.87. The summed E-state index contributed by atoms with van der Waals surface area (Å²) in [7, 11) is 4.67. The molecule has 1 saturated heterocycles. The zero-order chi connectivity index (χ0) is 29.3. The second kappa shape index (κ2) is 11.6. The van der Waals surface area contributed by atoms with E-state index in [9.17, 15) is 14.7 Å². The lowest BCUT2D eigenvalue weighted by atomic mass is 9.71. The van der Waals surface area contributed by atoms with Crippen LogP contribution in [0.1, 0.15) is 54.4 Å². The van der Waals surface area contributed by atoms with Crippen molar-refractivity contribution in [2.45, 2.75) is 64.6 Å². The monoisotopic (exact) mass is 565 g/mol. The zero-order valence-electron chi connectivity index (χ0n) is 24.5. The molecule has 2 aliphatic rings. The number of fused-ring (bicyclic) bond motifs is 2. The van der Waals surface area contributed by atoms with Gasteiger partial charge in [-0.3, -0.25) is 4.79 Å². The number of carbonyl (C=O) groups excluding carboxylic acids is 1. The van der Waals surface area contributed by atoms with Crippen molar-refractivity contribution in [1.29, 1.82) is 0 Å². The summed E-state index contributed by atoms with van der Waals surface area (Å²) < 4.78 is 28.2. The van der Waals surface area contributed by atoms with E-state index >= 15 is 0 Å². The van der Waals surface area contributed by atoms with Crippen molar-refractivity contribution < 1.29 is 33.3 Å². The summed E-state index contributed by atoms with van der Waals surface area (Å²) in [4.78, 5) is 28.2. The number of aryl methyl sites for hydroxylation is 2. The van der Waals surface area contributed by atoms with Crippen LogP contribution in [0.3, 0.4) is 0 Å². The average molecular weight is 566 g/mol. The minimum absolute atomic E-state index is 0.0201. The number of carbonyl (C=O) groups is 1. The van der Waals surface area contributed by atoms with Crippen LogP contribution in [0, 0.1) is 19.8 Å². The van der Waals surface area contributed by atoms with Gasteiger partial charge in [-0.2, -0.15) is 0 Å². The van der Waals surface area contributed by atoms with E-state index in [1.54, 1.807) is 26.2 Å². The van der Waals surface area contributed by atoms with E-state index < -0.39 is 11.2 Å². The summed E-state index contributed by atoms with van der Waals surface area (Å²) in [6, 6.07) is 7.36. The summed E-state index contributed by atoms with van der Waals surface area (Å²) in [5, 5.41) is 11.7. The number of piperidine rings is 1. The maximum absolute atomic E-state index is 13.3. The van der Waals surface area contributed by atoms with Gasteiger partial charge in [-0.25, -0.2) is 4.79 Å². The lowest BCUT2D eigenvalue weighted by molar-refractivity contribution is -0.142. The van der Waals surface area contributed by atoms with Crippen LogP contribution in [0.2, 0.25) is 0 Å². The fourth-order valence-electron chi connectivity index (χ4n) is 6.37. The Morgan fingerprint density at radius 1 is 1.02 bits per heavy atom. The number of ether oxygens (including phenoxy) is 4. The molecule has 1 aliphatic heterocycles. The largest absolute Gasteiger partial charge is 0.493 e. The Kier molecular flexibility index (Phi) is 8.18. The lowest BCUT2D eigenvalue weighted by Crippen LogP contribution is -2.55. The van der Waals surface area contributed by atoms with Crippen molar-refractivity contribution in [3.05, 3.63) is 56.9 Å². The van der Waals surface area contributed by atoms with Crippen LogP contribution in [0.5, 0.6) is 23.0 Å². The maximum atomic E-state index is 13.3. The second-order valence-electron chi connectivity index (χ2n) is 11.2. The van der Waals surface area contributed by atoms with Crippen LogP contribution in [0.15, 0.2) is 33.5 Å². The second-order valence-corrected chi connectivity index (χ2v) is 11.2. The van der Waals surface area contributed by atoms with Gasteiger partial charge in [0.1, 0.15) is 17.9 Å². The lowest BCUT2D eigenvalue weighted by Gasteiger charge is -2.47. The molecule has 220 valence electrons. The number of rotatable bonds is 8. The van der Waals surface area contributed by atoms with Gasteiger partial charge < -0.3 is 33.4 Å². The van der Waals surface area contributed by atoms with Crippen molar-refractivity contribution in [2.75, 3.05) is 34.4 Å². The molecule has 0 spiro atoms. The average Bonchev–Trinajstić information content (AvgIpc) is 2.97. The van der Waals surface area contributed by atoms with Gasteiger partial charge in [0.25, 0.3) is 0 Å². The molecule has 9 heteroatoms. The topological polar surface area (TPSA) is 108 Å². The molecule has 1 N–H and O–H groups in total. The van der Waals surface area contributed by atoms with Crippen molar-refractivity contribution in [2.24, 2.45) is 5.92 Å². The van der Waals surface area contributed by atoms with E-state index in [-0.39, 0.29) is 24.9 Å². The Bertz CT molecular complexity index is 1490. The first-order valence-corrected chi connectivity index (χ1v) is 14.2. The van der Waals surface area contributed by atoms with Crippen molar-refractivity contribution in [3.8, 4) is 23.0 Å². The van der Waals surface area contributed by atoms with E-state index in [0.717, 1.165) is 42.2 Å². The van der Waals surface area contributed by atoms with Gasteiger partial charge >= 0.3 is 5.63 Å². The smallest absolute Gasteiger partial charge is 0.340 e. The first-order valence-electron chi connectivity index (χ1n) is 14.2. The Balaban J connectivity index is 1.35. The SMILES string of the molecule is COc1cc(COc2ccc3c(C)c(CC(=O)N4CC[C@]5(O)CCCC[C@H]5C4)c(=O)oc3c2C)cc(OC)c1OC. The summed E-state index contributed by atoms with van der Waals surface area (Å²) in [5.41, 5.74) is 1.88. The minimum atomic E-state index is -0.657. The summed E-state index contributed by atoms with van der Waals surface area (Å²) in [5.74, 6) is 2.14. The third-order valence-corrected chi connectivity index (χ3v) is 8.88. The van der Waals surface area contributed by atoms with Crippen LogP contribution in [-0.4, -0.2) is 55.9 Å². The molecule has 41 heavy (non-hydrogen) atoms. The minimum Gasteiger partial charge on any atom is -0.493 e. The fraction of sp³-hybridized carbons (Fsp3) is 0.500. The van der Waals surface area contributed by atoms with Crippen LogP contribution in [0.25, 0.3) is 11.0 Å². The molecule has 0 radical (unpaired) electrons. The number of aliphatic hydroxyl groups is 1. The van der Waals surface area contributed by atoms with Crippen molar-refractivity contribution in [3.63, 3.8) is 0 Å². The number of methoxy groups -OCH3 is 3. The van der Waals surface area contributed by atoms with Crippen molar-refractivity contribution in [1.82, 2.24) is 4.90 Å². The molecule has 0 bridgehead atoms. The summed E-state index contributed by atoms with van der Waals surface area (Å²) in [6.45, 7) is 4.98. The molecule has 1 amide bonds. The van der Waals surface area contributed by atoms with Gasteiger partial charge in [0.2, 0.25) is 11.7 Å². The van der Waals surface area contributed by atoms with E-state index in [2.05, 4.69) is 0 Å². The molecule has 1 aromatic heterocycles. The molecule has 2 fully saturated rings.